The van der Waals surface area contributed by atoms with E-state index in [1.807, 2.05) is 0 Å². The lowest BCUT2D eigenvalue weighted by Crippen LogP contribution is -2.64. The Morgan fingerprint density at radius 3 is 1.57 bits per heavy atom. The topological polar surface area (TPSA) is 192 Å². The fourth-order valence-electron chi connectivity index (χ4n) is 6.42. The van der Waals surface area contributed by atoms with Gasteiger partial charge in [0.05, 0.1) is 13.2 Å². The van der Waals surface area contributed by atoms with Crippen LogP contribution in [0.15, 0.2) is 36.5 Å². The molecule has 1 rings (SSSR count). The van der Waals surface area contributed by atoms with Crippen molar-refractivity contribution < 1.29 is 58.3 Å². The second-order valence-electron chi connectivity index (χ2n) is 15.2. The Bertz CT molecular complexity index is 1070. The largest absolute Gasteiger partial charge is 0.472 e. The lowest BCUT2D eigenvalue weighted by atomic mass is 9.85. The van der Waals surface area contributed by atoms with Crippen LogP contribution in [0, 0.1) is 0 Å². The number of aliphatic hydroxyl groups excluding tert-OH is 5. The van der Waals surface area contributed by atoms with Crippen LogP contribution in [-0.2, 0) is 27.9 Å². The number of hydrogen-bond acceptors (Lipinski definition) is 11. The summed E-state index contributed by atoms with van der Waals surface area (Å²) < 4.78 is 34.1. The molecule has 6 atom stereocenters. The zero-order valence-electron chi connectivity index (χ0n) is 34.7. The summed E-state index contributed by atoms with van der Waals surface area (Å²) in [6, 6.07) is 0. The van der Waals surface area contributed by atoms with Crippen molar-refractivity contribution in [2.45, 2.75) is 211 Å². The summed E-state index contributed by atoms with van der Waals surface area (Å²) in [5.41, 5.74) is 0. The minimum Gasteiger partial charge on any atom is -0.457 e. The normalized spacial score (nSPS) is 23.4. The minimum absolute atomic E-state index is 0.0869. The third-order valence-corrected chi connectivity index (χ3v) is 11.0. The predicted molar refractivity (Wildman–Crippen MR) is 221 cm³/mol. The molecule has 13 heteroatoms. The van der Waals surface area contributed by atoms with Crippen molar-refractivity contribution >= 4 is 13.8 Å². The molecule has 1 aliphatic rings. The maximum absolute atomic E-state index is 12.8. The molecule has 0 heterocycles. The molecule has 0 aromatic heterocycles. The third kappa shape index (κ3) is 26.5. The number of phosphoric ester groups is 1. The van der Waals surface area contributed by atoms with E-state index in [2.05, 4.69) is 50.3 Å². The Labute approximate surface area is 338 Å². The van der Waals surface area contributed by atoms with Crippen LogP contribution >= 0.6 is 7.82 Å². The van der Waals surface area contributed by atoms with E-state index >= 15 is 0 Å². The molecule has 0 saturated heterocycles. The minimum atomic E-state index is -5.02. The zero-order chi connectivity index (χ0) is 41.3. The van der Waals surface area contributed by atoms with Gasteiger partial charge in [0.15, 0.2) is 0 Å². The molecular weight excluding hydrogens is 739 g/mol. The van der Waals surface area contributed by atoms with Crippen molar-refractivity contribution in [3.05, 3.63) is 36.5 Å². The van der Waals surface area contributed by atoms with Crippen LogP contribution in [0.5, 0.6) is 0 Å². The van der Waals surface area contributed by atoms with Gasteiger partial charge in [-0.25, -0.2) is 4.57 Å². The highest BCUT2D eigenvalue weighted by Gasteiger charge is 2.51. The summed E-state index contributed by atoms with van der Waals surface area (Å²) in [5, 5.41) is 50.1. The molecule has 0 spiro atoms. The van der Waals surface area contributed by atoms with Gasteiger partial charge < -0.3 is 39.9 Å². The predicted octanol–water partition coefficient (Wildman–Crippen LogP) is 8.31. The number of carbonyl (C=O) groups is 1. The van der Waals surface area contributed by atoms with Crippen LogP contribution in [0.3, 0.4) is 0 Å². The van der Waals surface area contributed by atoms with E-state index in [0.717, 1.165) is 89.9 Å². The smallest absolute Gasteiger partial charge is 0.457 e. The first-order valence-corrected chi connectivity index (χ1v) is 23.3. The summed E-state index contributed by atoms with van der Waals surface area (Å²) in [4.78, 5) is 23.1. The average molecular weight is 819 g/mol. The molecular formula is C43H79O12P. The van der Waals surface area contributed by atoms with Crippen LogP contribution < -0.4 is 0 Å². The highest BCUT2D eigenvalue weighted by Crippen LogP contribution is 2.47. The molecule has 1 aliphatic carbocycles. The first-order chi connectivity index (χ1) is 27.0. The van der Waals surface area contributed by atoms with Gasteiger partial charge in [-0.05, 0) is 64.2 Å². The summed E-state index contributed by atoms with van der Waals surface area (Å²) in [6.45, 7) is 4.16. The molecule has 56 heavy (non-hydrogen) atoms. The molecule has 0 aromatic carbocycles. The van der Waals surface area contributed by atoms with E-state index in [9.17, 15) is 39.8 Å². The quantitative estimate of drug-likeness (QED) is 0.0154. The number of phosphoric acid groups is 1. The van der Waals surface area contributed by atoms with E-state index in [1.54, 1.807) is 0 Å². The Morgan fingerprint density at radius 2 is 1.02 bits per heavy atom. The van der Waals surface area contributed by atoms with Crippen LogP contribution in [0.1, 0.15) is 168 Å². The van der Waals surface area contributed by atoms with Crippen molar-refractivity contribution in [1.29, 1.82) is 0 Å². The van der Waals surface area contributed by atoms with Crippen LogP contribution in [0.4, 0.5) is 0 Å². The van der Waals surface area contributed by atoms with Crippen LogP contribution in [0.2, 0.25) is 0 Å². The van der Waals surface area contributed by atoms with Gasteiger partial charge in [0.2, 0.25) is 0 Å². The molecule has 6 N–H and O–H groups in total. The molecule has 1 fully saturated rings. The molecule has 1 saturated carbocycles. The number of allylic oxidation sites excluding steroid dienone is 6. The summed E-state index contributed by atoms with van der Waals surface area (Å²) in [7, 11) is -5.02. The maximum atomic E-state index is 12.8. The monoisotopic (exact) mass is 819 g/mol. The van der Waals surface area contributed by atoms with Crippen molar-refractivity contribution in [1.82, 2.24) is 0 Å². The Balaban J connectivity index is 2.44. The lowest BCUT2D eigenvalue weighted by Gasteiger charge is -2.41. The Kier molecular flexibility index (Phi) is 32.3. The molecule has 328 valence electrons. The van der Waals surface area contributed by atoms with Gasteiger partial charge in [-0.2, -0.15) is 0 Å². The van der Waals surface area contributed by atoms with Gasteiger partial charge in [0, 0.05) is 13.0 Å². The fourth-order valence-corrected chi connectivity index (χ4v) is 7.40. The van der Waals surface area contributed by atoms with Crippen molar-refractivity contribution in [3.8, 4) is 0 Å². The number of esters is 1. The van der Waals surface area contributed by atoms with Gasteiger partial charge in [-0.1, -0.05) is 134 Å². The lowest BCUT2D eigenvalue weighted by molar-refractivity contribution is -0.220. The van der Waals surface area contributed by atoms with E-state index in [1.165, 1.54) is 51.4 Å². The SMILES string of the molecule is CCCC/C=C\C/C=C\CCCCCCCCOCC(COP(=O)(O)OC1C(O)C(O)C(O)C(O)C1O)OC(=O)CCCCCCC/C=C\CCCCCCC. The highest BCUT2D eigenvalue weighted by atomic mass is 31.2. The Morgan fingerprint density at radius 1 is 0.571 bits per heavy atom. The molecule has 12 nitrogen and oxygen atoms in total. The Hall–Kier alpha value is -1.44. The van der Waals surface area contributed by atoms with Gasteiger partial charge in [0.1, 0.15) is 42.7 Å². The summed E-state index contributed by atoms with van der Waals surface area (Å²) >= 11 is 0. The molecule has 0 aromatic rings. The number of hydrogen-bond donors (Lipinski definition) is 6. The van der Waals surface area contributed by atoms with E-state index in [4.69, 9.17) is 18.5 Å². The third-order valence-electron chi connectivity index (χ3n) is 9.99. The van der Waals surface area contributed by atoms with E-state index in [-0.39, 0.29) is 13.0 Å². The van der Waals surface area contributed by atoms with Crippen molar-refractivity contribution in [2.24, 2.45) is 0 Å². The molecule has 0 aliphatic heterocycles. The molecule has 0 amide bonds. The van der Waals surface area contributed by atoms with Gasteiger partial charge >= 0.3 is 13.8 Å². The zero-order valence-corrected chi connectivity index (χ0v) is 35.6. The van der Waals surface area contributed by atoms with Gasteiger partial charge in [0.25, 0.3) is 0 Å². The highest BCUT2D eigenvalue weighted by molar-refractivity contribution is 7.47. The average Bonchev–Trinajstić information content (AvgIpc) is 3.18. The number of rotatable bonds is 36. The molecule has 6 unspecified atom stereocenters. The second kappa shape index (κ2) is 34.4. The maximum Gasteiger partial charge on any atom is 0.472 e. The number of unbranched alkanes of at least 4 members (excludes halogenated alkanes) is 18. The van der Waals surface area contributed by atoms with Gasteiger partial charge in [-0.3, -0.25) is 13.8 Å². The fraction of sp³-hybridized carbons (Fsp3) is 0.837. The molecule has 0 radical (unpaired) electrons. The van der Waals surface area contributed by atoms with Gasteiger partial charge in [-0.15, -0.1) is 0 Å². The van der Waals surface area contributed by atoms with E-state index in [0.29, 0.717) is 13.0 Å². The molecule has 0 bridgehead atoms. The number of ether oxygens (including phenoxy) is 2. The number of carbonyl (C=O) groups excluding carboxylic acids is 1. The standard InChI is InChI=1S/C43H79O12P/c1-3-5-7-9-11-13-15-17-19-21-23-25-27-29-31-33-52-34-36(35-53-56(50,51)55-43-41(48)39(46)38(45)40(47)42(43)49)54-37(44)32-30-28-26-24-22-20-18-16-14-12-10-8-6-4-2/h9,11,15-18,36,38-43,45-49H,3-8,10,12-14,19-35H2,1-2H3,(H,50,51)/b11-9-,17-15-,18-16-. The second-order valence-corrected chi connectivity index (χ2v) is 16.6. The first-order valence-electron chi connectivity index (χ1n) is 21.8. The van der Waals surface area contributed by atoms with Crippen molar-refractivity contribution in [3.63, 3.8) is 0 Å². The first kappa shape index (κ1) is 52.6. The summed E-state index contributed by atoms with van der Waals surface area (Å²) in [5.74, 6) is -0.491. The van der Waals surface area contributed by atoms with Crippen LogP contribution in [-0.4, -0.2) is 98.9 Å². The van der Waals surface area contributed by atoms with Crippen molar-refractivity contribution in [2.75, 3.05) is 19.8 Å². The van der Waals surface area contributed by atoms with Crippen LogP contribution in [0.25, 0.3) is 0 Å². The van der Waals surface area contributed by atoms with E-state index < -0.39 is 63.1 Å². The number of aliphatic hydroxyl groups is 5. The summed E-state index contributed by atoms with van der Waals surface area (Å²) in [6.07, 6.45) is 26.4.